The standard InChI is InChI=1S/C30H62O7/c1-8-9-10-11-12-13-14-15-16-17-18-32-20-26(3)34-22-28(5)36-24-30(7)37-23-29(6)35-21-27(4)33-19-25(2)31/h25-31H,8-24H2,1-7H3. The van der Waals surface area contributed by atoms with E-state index in [1.807, 2.05) is 27.7 Å². The van der Waals surface area contributed by atoms with E-state index in [0.29, 0.717) is 39.6 Å². The fourth-order valence-corrected chi connectivity index (χ4v) is 3.68. The second-order valence-corrected chi connectivity index (χ2v) is 10.8. The summed E-state index contributed by atoms with van der Waals surface area (Å²) in [7, 11) is 0. The molecular weight excluding hydrogens is 472 g/mol. The fraction of sp³-hybridized carbons (Fsp3) is 1.00. The Balaban J connectivity index is 3.59. The minimum Gasteiger partial charge on any atom is -0.391 e. The maximum Gasteiger partial charge on any atom is 0.0781 e. The lowest BCUT2D eigenvalue weighted by Crippen LogP contribution is -2.29. The quantitative estimate of drug-likeness (QED) is 0.118. The van der Waals surface area contributed by atoms with Gasteiger partial charge in [-0.05, 0) is 48.0 Å². The molecule has 0 rings (SSSR count). The molecule has 0 saturated heterocycles. The third kappa shape index (κ3) is 27.1. The summed E-state index contributed by atoms with van der Waals surface area (Å²) < 4.78 is 34.7. The Morgan fingerprint density at radius 3 is 1.14 bits per heavy atom. The second-order valence-electron chi connectivity index (χ2n) is 10.8. The van der Waals surface area contributed by atoms with Crippen molar-refractivity contribution in [2.24, 2.45) is 0 Å². The van der Waals surface area contributed by atoms with Gasteiger partial charge in [-0.2, -0.15) is 0 Å². The van der Waals surface area contributed by atoms with Gasteiger partial charge in [0.1, 0.15) is 0 Å². The Morgan fingerprint density at radius 1 is 0.432 bits per heavy atom. The van der Waals surface area contributed by atoms with Crippen molar-refractivity contribution in [3.63, 3.8) is 0 Å². The van der Waals surface area contributed by atoms with Crippen LogP contribution in [0.15, 0.2) is 0 Å². The molecule has 0 aliphatic rings. The molecule has 0 aromatic carbocycles. The van der Waals surface area contributed by atoms with Crippen LogP contribution in [-0.2, 0) is 28.4 Å². The second kappa shape index (κ2) is 26.0. The maximum absolute atomic E-state index is 9.26. The van der Waals surface area contributed by atoms with Crippen LogP contribution < -0.4 is 0 Å². The predicted molar refractivity (Wildman–Crippen MR) is 151 cm³/mol. The van der Waals surface area contributed by atoms with Crippen molar-refractivity contribution in [2.75, 3.05) is 46.2 Å². The van der Waals surface area contributed by atoms with Gasteiger partial charge in [0.05, 0.1) is 76.3 Å². The summed E-state index contributed by atoms with van der Waals surface area (Å²) in [6.45, 7) is 17.7. The molecule has 0 heterocycles. The first-order valence-corrected chi connectivity index (χ1v) is 15.1. The number of unbranched alkanes of at least 4 members (excludes halogenated alkanes) is 9. The van der Waals surface area contributed by atoms with Gasteiger partial charge in [0, 0.05) is 6.61 Å². The summed E-state index contributed by atoms with van der Waals surface area (Å²) in [6, 6.07) is 0. The highest BCUT2D eigenvalue weighted by Crippen LogP contribution is 2.10. The molecular formula is C30H62O7. The van der Waals surface area contributed by atoms with E-state index in [1.165, 1.54) is 57.8 Å². The molecule has 0 aliphatic heterocycles. The molecule has 6 unspecified atom stereocenters. The van der Waals surface area contributed by atoms with Crippen molar-refractivity contribution in [3.05, 3.63) is 0 Å². The van der Waals surface area contributed by atoms with Gasteiger partial charge in [-0.3, -0.25) is 0 Å². The largest absolute Gasteiger partial charge is 0.391 e. The Bertz CT molecular complexity index is 463. The van der Waals surface area contributed by atoms with E-state index in [0.717, 1.165) is 13.0 Å². The Kier molecular flexibility index (Phi) is 25.8. The Hall–Kier alpha value is -0.280. The molecule has 0 fully saturated rings. The molecule has 6 atom stereocenters. The molecule has 0 bridgehead atoms. The topological polar surface area (TPSA) is 75.6 Å². The first-order chi connectivity index (χ1) is 17.7. The zero-order chi connectivity index (χ0) is 27.7. The van der Waals surface area contributed by atoms with E-state index in [2.05, 4.69) is 13.8 Å². The average molecular weight is 535 g/mol. The van der Waals surface area contributed by atoms with Crippen LogP contribution in [0.1, 0.15) is 113 Å². The van der Waals surface area contributed by atoms with E-state index in [-0.39, 0.29) is 30.5 Å². The van der Waals surface area contributed by atoms with Gasteiger partial charge in [-0.25, -0.2) is 0 Å². The average Bonchev–Trinajstić information content (AvgIpc) is 2.87. The smallest absolute Gasteiger partial charge is 0.0781 e. The van der Waals surface area contributed by atoms with E-state index < -0.39 is 6.10 Å². The third-order valence-electron chi connectivity index (χ3n) is 6.08. The molecule has 224 valence electrons. The first kappa shape index (κ1) is 36.7. The number of aliphatic hydroxyl groups excluding tert-OH is 1. The molecule has 0 aliphatic carbocycles. The molecule has 37 heavy (non-hydrogen) atoms. The van der Waals surface area contributed by atoms with Crippen molar-refractivity contribution in [1.29, 1.82) is 0 Å². The maximum atomic E-state index is 9.26. The summed E-state index contributed by atoms with van der Waals surface area (Å²) in [6.07, 6.45) is 12.9. The molecule has 0 radical (unpaired) electrons. The number of aliphatic hydroxyl groups is 1. The fourth-order valence-electron chi connectivity index (χ4n) is 3.68. The molecule has 7 heteroatoms. The zero-order valence-corrected chi connectivity index (χ0v) is 25.4. The number of ether oxygens (including phenoxy) is 6. The zero-order valence-electron chi connectivity index (χ0n) is 25.4. The van der Waals surface area contributed by atoms with Crippen LogP contribution in [0.5, 0.6) is 0 Å². The van der Waals surface area contributed by atoms with Gasteiger partial charge in [0.25, 0.3) is 0 Å². The Morgan fingerprint density at radius 2 is 0.757 bits per heavy atom. The monoisotopic (exact) mass is 534 g/mol. The van der Waals surface area contributed by atoms with Crippen molar-refractivity contribution in [3.8, 4) is 0 Å². The normalized spacial score (nSPS) is 16.9. The van der Waals surface area contributed by atoms with E-state index in [9.17, 15) is 5.11 Å². The SMILES string of the molecule is CCCCCCCCCCCCOCC(C)OCC(C)OCC(C)OCC(C)OCC(C)OCC(C)O. The van der Waals surface area contributed by atoms with Crippen LogP contribution in [0.3, 0.4) is 0 Å². The minimum absolute atomic E-state index is 0.00365. The summed E-state index contributed by atoms with van der Waals surface area (Å²) in [5, 5.41) is 9.26. The predicted octanol–water partition coefficient (Wildman–Crippen LogP) is 6.33. The van der Waals surface area contributed by atoms with Crippen LogP contribution in [-0.4, -0.2) is 88.0 Å². The lowest BCUT2D eigenvalue weighted by Gasteiger charge is -2.22. The first-order valence-electron chi connectivity index (χ1n) is 15.1. The van der Waals surface area contributed by atoms with E-state index in [1.54, 1.807) is 6.92 Å². The van der Waals surface area contributed by atoms with E-state index in [4.69, 9.17) is 28.4 Å². The highest BCUT2D eigenvalue weighted by molar-refractivity contribution is 4.58. The summed E-state index contributed by atoms with van der Waals surface area (Å²) in [4.78, 5) is 0. The minimum atomic E-state index is -0.465. The van der Waals surface area contributed by atoms with Crippen molar-refractivity contribution >= 4 is 0 Å². The Labute approximate surface area is 229 Å². The summed E-state index contributed by atoms with van der Waals surface area (Å²) >= 11 is 0. The lowest BCUT2D eigenvalue weighted by molar-refractivity contribution is -0.102. The summed E-state index contributed by atoms with van der Waals surface area (Å²) in [5.41, 5.74) is 0. The highest BCUT2D eigenvalue weighted by atomic mass is 16.6. The van der Waals surface area contributed by atoms with Crippen LogP contribution >= 0.6 is 0 Å². The molecule has 0 amide bonds. The molecule has 0 saturated carbocycles. The van der Waals surface area contributed by atoms with Crippen molar-refractivity contribution in [2.45, 2.75) is 149 Å². The molecule has 0 spiro atoms. The number of rotatable bonds is 28. The highest BCUT2D eigenvalue weighted by Gasteiger charge is 2.13. The van der Waals surface area contributed by atoms with Crippen molar-refractivity contribution < 1.29 is 33.5 Å². The van der Waals surface area contributed by atoms with E-state index >= 15 is 0 Å². The number of hydrogen-bond donors (Lipinski definition) is 1. The number of hydrogen-bond acceptors (Lipinski definition) is 7. The van der Waals surface area contributed by atoms with Gasteiger partial charge in [-0.15, -0.1) is 0 Å². The van der Waals surface area contributed by atoms with Gasteiger partial charge >= 0.3 is 0 Å². The molecule has 0 aromatic heterocycles. The van der Waals surface area contributed by atoms with Gasteiger partial charge in [-0.1, -0.05) is 64.7 Å². The van der Waals surface area contributed by atoms with Crippen LogP contribution in [0, 0.1) is 0 Å². The summed E-state index contributed by atoms with van der Waals surface area (Å²) in [5.74, 6) is 0. The molecule has 7 nitrogen and oxygen atoms in total. The van der Waals surface area contributed by atoms with Crippen LogP contribution in [0.2, 0.25) is 0 Å². The van der Waals surface area contributed by atoms with Gasteiger partial charge in [0.2, 0.25) is 0 Å². The third-order valence-corrected chi connectivity index (χ3v) is 6.08. The van der Waals surface area contributed by atoms with Crippen molar-refractivity contribution in [1.82, 2.24) is 0 Å². The van der Waals surface area contributed by atoms with Crippen LogP contribution in [0.4, 0.5) is 0 Å². The molecule has 1 N–H and O–H groups in total. The van der Waals surface area contributed by atoms with Gasteiger partial charge < -0.3 is 33.5 Å². The molecule has 0 aromatic rings. The van der Waals surface area contributed by atoms with Crippen LogP contribution in [0.25, 0.3) is 0 Å². The lowest BCUT2D eigenvalue weighted by atomic mass is 10.1. The van der Waals surface area contributed by atoms with Gasteiger partial charge in [0.15, 0.2) is 0 Å².